The standard InChI is InChI=1S/C18H22N2O5S/c1-13(2)11-16(14-7-5-4-6-8-14)19-26(23,24)18-12-15(20(21)22)9-10-17(18)25-3/h4-10,12-13,16,19H,11H2,1-3H3. The van der Waals surface area contributed by atoms with Crippen LogP contribution in [0.3, 0.4) is 0 Å². The first-order chi connectivity index (χ1) is 12.2. The van der Waals surface area contributed by atoms with E-state index in [1.165, 1.54) is 19.2 Å². The molecule has 2 aromatic carbocycles. The van der Waals surface area contributed by atoms with Crippen molar-refractivity contribution in [2.75, 3.05) is 7.11 Å². The monoisotopic (exact) mass is 378 g/mol. The molecule has 0 bridgehead atoms. The van der Waals surface area contributed by atoms with Gasteiger partial charge < -0.3 is 4.74 Å². The fourth-order valence-corrected chi connectivity index (χ4v) is 4.07. The van der Waals surface area contributed by atoms with E-state index in [1.54, 1.807) is 0 Å². The van der Waals surface area contributed by atoms with Crippen molar-refractivity contribution >= 4 is 15.7 Å². The number of nitrogens with one attached hydrogen (secondary N) is 1. The summed E-state index contributed by atoms with van der Waals surface area (Å²) in [5.74, 6) is 0.300. The smallest absolute Gasteiger partial charge is 0.271 e. The Balaban J connectivity index is 2.45. The van der Waals surface area contributed by atoms with Gasteiger partial charge in [0.05, 0.1) is 12.0 Å². The summed E-state index contributed by atoms with van der Waals surface area (Å²) in [7, 11) is -2.71. The zero-order valence-corrected chi connectivity index (χ0v) is 15.7. The number of nitro groups is 1. The van der Waals surface area contributed by atoms with E-state index in [4.69, 9.17) is 4.74 Å². The molecule has 8 heteroatoms. The second-order valence-electron chi connectivity index (χ2n) is 6.31. The molecule has 0 aliphatic carbocycles. The van der Waals surface area contributed by atoms with Gasteiger partial charge in [-0.25, -0.2) is 13.1 Å². The van der Waals surface area contributed by atoms with E-state index in [1.807, 2.05) is 44.2 Å². The average molecular weight is 378 g/mol. The highest BCUT2D eigenvalue weighted by atomic mass is 32.2. The molecule has 7 nitrogen and oxygen atoms in total. The number of nitro benzene ring substituents is 1. The lowest BCUT2D eigenvalue weighted by Gasteiger charge is -2.21. The van der Waals surface area contributed by atoms with Crippen LogP contribution >= 0.6 is 0 Å². The molecular weight excluding hydrogens is 356 g/mol. The number of sulfonamides is 1. The third kappa shape index (κ3) is 4.80. The summed E-state index contributed by atoms with van der Waals surface area (Å²) in [5.41, 5.74) is 0.514. The first-order valence-electron chi connectivity index (χ1n) is 8.14. The minimum absolute atomic E-state index is 0.0551. The molecular formula is C18H22N2O5S. The molecule has 26 heavy (non-hydrogen) atoms. The Kier molecular flexibility index (Phi) is 6.33. The van der Waals surface area contributed by atoms with Gasteiger partial charge in [-0.05, 0) is 24.0 Å². The molecule has 0 spiro atoms. The van der Waals surface area contributed by atoms with Gasteiger partial charge in [-0.15, -0.1) is 0 Å². The Hall–Kier alpha value is -2.45. The van der Waals surface area contributed by atoms with E-state index >= 15 is 0 Å². The molecule has 0 saturated heterocycles. The van der Waals surface area contributed by atoms with Crippen molar-refractivity contribution < 1.29 is 18.1 Å². The molecule has 1 N–H and O–H groups in total. The largest absolute Gasteiger partial charge is 0.495 e. The maximum absolute atomic E-state index is 12.9. The Morgan fingerprint density at radius 2 is 1.81 bits per heavy atom. The molecule has 2 rings (SSSR count). The van der Waals surface area contributed by atoms with Crippen molar-refractivity contribution in [2.24, 2.45) is 5.92 Å². The quantitative estimate of drug-likeness (QED) is 0.558. The lowest BCUT2D eigenvalue weighted by Crippen LogP contribution is -2.30. The lowest BCUT2D eigenvalue weighted by atomic mass is 9.98. The molecule has 0 saturated carbocycles. The van der Waals surface area contributed by atoms with E-state index in [-0.39, 0.29) is 22.3 Å². The fourth-order valence-electron chi connectivity index (χ4n) is 2.65. The lowest BCUT2D eigenvalue weighted by molar-refractivity contribution is -0.385. The van der Waals surface area contributed by atoms with Crippen LogP contribution in [0, 0.1) is 16.0 Å². The number of nitrogens with zero attached hydrogens (tertiary/aromatic N) is 1. The van der Waals surface area contributed by atoms with Gasteiger partial charge in [-0.1, -0.05) is 44.2 Å². The summed E-state index contributed by atoms with van der Waals surface area (Å²) >= 11 is 0. The molecule has 1 unspecified atom stereocenters. The van der Waals surface area contributed by atoms with Crippen molar-refractivity contribution in [1.29, 1.82) is 0 Å². The highest BCUT2D eigenvalue weighted by Gasteiger charge is 2.27. The van der Waals surface area contributed by atoms with E-state index in [9.17, 15) is 18.5 Å². The van der Waals surface area contributed by atoms with E-state index in [0.717, 1.165) is 11.6 Å². The van der Waals surface area contributed by atoms with Crippen LogP contribution in [0.2, 0.25) is 0 Å². The maximum atomic E-state index is 12.9. The Labute approximate surface area is 153 Å². The van der Waals surface area contributed by atoms with Crippen molar-refractivity contribution in [3.8, 4) is 5.75 Å². The molecule has 0 fully saturated rings. The molecule has 0 aromatic heterocycles. The number of hydrogen-bond donors (Lipinski definition) is 1. The highest BCUT2D eigenvalue weighted by molar-refractivity contribution is 7.89. The van der Waals surface area contributed by atoms with Crippen LogP contribution in [0.4, 0.5) is 5.69 Å². The SMILES string of the molecule is COc1ccc([N+](=O)[O-])cc1S(=O)(=O)NC(CC(C)C)c1ccccc1. The number of ether oxygens (including phenoxy) is 1. The summed E-state index contributed by atoms with van der Waals surface area (Å²) in [6.07, 6.45) is 0.584. The van der Waals surface area contributed by atoms with Gasteiger partial charge in [-0.3, -0.25) is 10.1 Å². The highest BCUT2D eigenvalue weighted by Crippen LogP contribution is 2.30. The minimum atomic E-state index is -4.03. The van der Waals surface area contributed by atoms with Crippen molar-refractivity contribution in [1.82, 2.24) is 4.72 Å². The van der Waals surface area contributed by atoms with Crippen LogP contribution in [-0.2, 0) is 10.0 Å². The van der Waals surface area contributed by atoms with Crippen LogP contribution < -0.4 is 9.46 Å². The van der Waals surface area contributed by atoms with Crippen LogP contribution in [-0.4, -0.2) is 20.5 Å². The molecule has 0 aliphatic heterocycles. The fraction of sp³-hybridized carbons (Fsp3) is 0.333. The molecule has 0 amide bonds. The number of rotatable bonds is 8. The van der Waals surface area contributed by atoms with Gasteiger partial charge in [0.25, 0.3) is 5.69 Å². The summed E-state index contributed by atoms with van der Waals surface area (Å²) < 4.78 is 33.6. The normalized spacial score (nSPS) is 12.8. The van der Waals surface area contributed by atoms with Crippen LogP contribution in [0.25, 0.3) is 0 Å². The molecule has 140 valence electrons. The Morgan fingerprint density at radius 1 is 1.15 bits per heavy atom. The summed E-state index contributed by atoms with van der Waals surface area (Å²) in [6.45, 7) is 4.00. The molecule has 0 aliphatic rings. The van der Waals surface area contributed by atoms with Gasteiger partial charge in [0, 0.05) is 18.2 Å². The average Bonchev–Trinajstić information content (AvgIpc) is 2.60. The summed E-state index contributed by atoms with van der Waals surface area (Å²) in [5, 5.41) is 11.0. The zero-order chi connectivity index (χ0) is 19.3. The third-order valence-corrected chi connectivity index (χ3v) is 5.35. The number of hydrogen-bond acceptors (Lipinski definition) is 5. The first kappa shape index (κ1) is 19.9. The second kappa shape index (κ2) is 8.29. The minimum Gasteiger partial charge on any atom is -0.495 e. The van der Waals surface area contributed by atoms with Crippen molar-refractivity contribution in [3.05, 3.63) is 64.2 Å². The maximum Gasteiger partial charge on any atom is 0.271 e. The molecule has 2 aromatic rings. The Morgan fingerprint density at radius 3 is 2.35 bits per heavy atom. The van der Waals surface area contributed by atoms with Gasteiger partial charge in [0.1, 0.15) is 10.6 Å². The van der Waals surface area contributed by atoms with Crippen LogP contribution in [0.1, 0.15) is 31.9 Å². The van der Waals surface area contributed by atoms with Crippen molar-refractivity contribution in [3.63, 3.8) is 0 Å². The van der Waals surface area contributed by atoms with Gasteiger partial charge >= 0.3 is 0 Å². The van der Waals surface area contributed by atoms with E-state index < -0.39 is 21.0 Å². The second-order valence-corrected chi connectivity index (χ2v) is 7.99. The topological polar surface area (TPSA) is 98.5 Å². The third-order valence-electron chi connectivity index (χ3n) is 3.85. The van der Waals surface area contributed by atoms with Gasteiger partial charge in [0.2, 0.25) is 10.0 Å². The van der Waals surface area contributed by atoms with Crippen LogP contribution in [0.5, 0.6) is 5.75 Å². The van der Waals surface area contributed by atoms with Gasteiger partial charge in [0.15, 0.2) is 0 Å². The van der Waals surface area contributed by atoms with Crippen LogP contribution in [0.15, 0.2) is 53.4 Å². The first-order valence-corrected chi connectivity index (χ1v) is 9.62. The van der Waals surface area contributed by atoms with Crippen molar-refractivity contribution in [2.45, 2.75) is 31.2 Å². The van der Waals surface area contributed by atoms with E-state index in [2.05, 4.69) is 4.72 Å². The Bertz CT molecular complexity index is 866. The molecule has 0 heterocycles. The summed E-state index contributed by atoms with van der Waals surface area (Å²) in [4.78, 5) is 10.1. The summed E-state index contributed by atoms with van der Waals surface area (Å²) in [6, 6.07) is 12.3. The molecule has 0 radical (unpaired) electrons. The zero-order valence-electron chi connectivity index (χ0n) is 14.9. The molecule has 1 atom stereocenters. The number of non-ortho nitro benzene ring substituents is 1. The van der Waals surface area contributed by atoms with E-state index in [0.29, 0.717) is 6.42 Å². The predicted molar refractivity (Wildman–Crippen MR) is 98.6 cm³/mol. The number of benzene rings is 2. The predicted octanol–water partition coefficient (Wildman–Crippen LogP) is 3.67. The number of methoxy groups -OCH3 is 1. The van der Waals surface area contributed by atoms with Gasteiger partial charge in [-0.2, -0.15) is 0 Å².